The third-order valence-electron chi connectivity index (χ3n) is 3.45. The van der Waals surface area contributed by atoms with Gasteiger partial charge in [-0.1, -0.05) is 30.3 Å². The number of nitrogens with zero attached hydrogens (tertiary/aromatic N) is 2. The van der Waals surface area contributed by atoms with Crippen LogP contribution in [0.4, 0.5) is 4.79 Å². The topological polar surface area (TPSA) is 84.0 Å². The Balaban J connectivity index is 2.88. The van der Waals surface area contributed by atoms with Crippen molar-refractivity contribution in [3.8, 4) is 0 Å². The molecular formula is C18H21N2O5. The molecule has 0 spiro atoms. The molecule has 0 aromatic heterocycles. The molecule has 1 aromatic carbocycles. The standard InChI is InChI=1S/C18H21N2O5/c1-4-25-17(23)14(2)19(3)18(24)20(12-13-21)16(22)11-10-15-8-6-5-7-9-15/h5-11,14H,4,12H2,1-3H3/b11-10+. The van der Waals surface area contributed by atoms with Crippen molar-refractivity contribution in [3.63, 3.8) is 0 Å². The molecular weight excluding hydrogens is 324 g/mol. The van der Waals surface area contributed by atoms with Crippen LogP contribution < -0.4 is 0 Å². The molecule has 0 N–H and O–H groups in total. The van der Waals surface area contributed by atoms with Gasteiger partial charge in [0, 0.05) is 13.1 Å². The fourth-order valence-electron chi connectivity index (χ4n) is 1.90. The Morgan fingerprint density at radius 2 is 1.88 bits per heavy atom. The molecule has 7 nitrogen and oxygen atoms in total. The minimum atomic E-state index is -0.896. The van der Waals surface area contributed by atoms with Crippen molar-refractivity contribution in [1.82, 2.24) is 9.80 Å². The highest BCUT2D eigenvalue weighted by molar-refractivity contribution is 6.04. The lowest BCUT2D eigenvalue weighted by Gasteiger charge is -2.28. The highest BCUT2D eigenvalue weighted by Gasteiger charge is 2.29. The first kappa shape index (κ1) is 20.1. The molecule has 3 amide bonds. The predicted molar refractivity (Wildman–Crippen MR) is 92.1 cm³/mol. The van der Waals surface area contributed by atoms with E-state index in [0.29, 0.717) is 4.90 Å². The van der Waals surface area contributed by atoms with Crippen molar-refractivity contribution in [2.75, 3.05) is 20.2 Å². The summed E-state index contributed by atoms with van der Waals surface area (Å²) in [6.45, 7) is 2.77. The van der Waals surface area contributed by atoms with Gasteiger partial charge in [0.25, 0.3) is 5.91 Å². The first-order chi connectivity index (χ1) is 11.9. The van der Waals surface area contributed by atoms with E-state index in [1.807, 2.05) is 6.07 Å². The molecule has 0 aliphatic rings. The number of likely N-dealkylation sites (N-methyl/N-ethyl adjacent to an activating group) is 1. The Morgan fingerprint density at radius 3 is 2.44 bits per heavy atom. The smallest absolute Gasteiger partial charge is 0.328 e. The number of esters is 1. The van der Waals surface area contributed by atoms with E-state index >= 15 is 0 Å². The molecule has 0 bridgehead atoms. The number of rotatable bonds is 7. The van der Waals surface area contributed by atoms with Crippen LogP contribution in [-0.2, 0) is 19.1 Å². The largest absolute Gasteiger partial charge is 0.464 e. The summed E-state index contributed by atoms with van der Waals surface area (Å²) in [6, 6.07) is 7.34. The number of carbonyl (C=O) groups excluding carboxylic acids is 4. The van der Waals surface area contributed by atoms with Crippen molar-refractivity contribution >= 4 is 30.3 Å². The van der Waals surface area contributed by atoms with E-state index in [0.717, 1.165) is 10.5 Å². The van der Waals surface area contributed by atoms with E-state index in [4.69, 9.17) is 4.74 Å². The molecule has 1 radical (unpaired) electrons. The lowest BCUT2D eigenvalue weighted by atomic mass is 10.2. The molecule has 0 heterocycles. The van der Waals surface area contributed by atoms with Gasteiger partial charge in [-0.3, -0.25) is 14.5 Å². The van der Waals surface area contributed by atoms with E-state index in [2.05, 4.69) is 0 Å². The SMILES string of the molecule is CCOC(=O)C(C)N(C)C(=O)N(C[C]=O)C(=O)/C=C/c1ccccc1. The van der Waals surface area contributed by atoms with Gasteiger partial charge in [-0.2, -0.15) is 0 Å². The molecule has 0 saturated heterocycles. The maximum atomic E-state index is 12.4. The Labute approximate surface area is 146 Å². The van der Waals surface area contributed by atoms with Gasteiger partial charge in [-0.15, -0.1) is 0 Å². The third kappa shape index (κ3) is 5.87. The molecule has 0 saturated carbocycles. The quantitative estimate of drug-likeness (QED) is 0.554. The van der Waals surface area contributed by atoms with Crippen LogP contribution in [0.5, 0.6) is 0 Å². The number of urea groups is 1. The van der Waals surface area contributed by atoms with E-state index in [1.165, 1.54) is 32.4 Å². The number of hydrogen-bond donors (Lipinski definition) is 0. The fourth-order valence-corrected chi connectivity index (χ4v) is 1.90. The van der Waals surface area contributed by atoms with Crippen LogP contribution in [0.3, 0.4) is 0 Å². The van der Waals surface area contributed by atoms with Gasteiger partial charge < -0.3 is 9.64 Å². The summed E-state index contributed by atoms with van der Waals surface area (Å²) in [4.78, 5) is 48.9. The summed E-state index contributed by atoms with van der Waals surface area (Å²) in [5.74, 6) is -1.28. The van der Waals surface area contributed by atoms with Crippen LogP contribution >= 0.6 is 0 Å². The van der Waals surface area contributed by atoms with Gasteiger partial charge in [-0.25, -0.2) is 9.59 Å². The Hall–Kier alpha value is -2.96. The van der Waals surface area contributed by atoms with Gasteiger partial charge in [-0.05, 0) is 25.5 Å². The van der Waals surface area contributed by atoms with E-state index in [-0.39, 0.29) is 6.61 Å². The van der Waals surface area contributed by atoms with E-state index < -0.39 is 30.5 Å². The number of ether oxygens (including phenoxy) is 1. The Kier molecular flexibility index (Phi) is 8.05. The molecule has 0 aliphatic carbocycles. The van der Waals surface area contributed by atoms with Crippen molar-refractivity contribution in [1.29, 1.82) is 0 Å². The molecule has 25 heavy (non-hydrogen) atoms. The molecule has 1 unspecified atom stereocenters. The Bertz CT molecular complexity index is 642. The number of amides is 3. The minimum Gasteiger partial charge on any atom is -0.464 e. The first-order valence-electron chi connectivity index (χ1n) is 7.75. The number of imide groups is 1. The van der Waals surface area contributed by atoms with Crippen LogP contribution in [0, 0.1) is 0 Å². The maximum absolute atomic E-state index is 12.4. The van der Waals surface area contributed by atoms with E-state index in [1.54, 1.807) is 31.2 Å². The zero-order chi connectivity index (χ0) is 18.8. The van der Waals surface area contributed by atoms with Gasteiger partial charge >= 0.3 is 12.0 Å². The second-order valence-corrected chi connectivity index (χ2v) is 5.13. The van der Waals surface area contributed by atoms with Crippen LogP contribution in [0.25, 0.3) is 6.08 Å². The molecule has 0 fully saturated rings. The first-order valence-corrected chi connectivity index (χ1v) is 7.75. The Morgan fingerprint density at radius 1 is 1.24 bits per heavy atom. The second kappa shape index (κ2) is 10.0. The van der Waals surface area contributed by atoms with E-state index in [9.17, 15) is 19.2 Å². The van der Waals surface area contributed by atoms with Crippen molar-refractivity contribution < 1.29 is 23.9 Å². The van der Waals surface area contributed by atoms with Crippen LogP contribution in [0.15, 0.2) is 36.4 Å². The van der Waals surface area contributed by atoms with Crippen LogP contribution in [0.2, 0.25) is 0 Å². The number of benzene rings is 1. The zero-order valence-corrected chi connectivity index (χ0v) is 14.5. The van der Waals surface area contributed by atoms with Crippen LogP contribution in [0.1, 0.15) is 19.4 Å². The second-order valence-electron chi connectivity index (χ2n) is 5.13. The molecule has 1 aromatic rings. The lowest BCUT2D eigenvalue weighted by molar-refractivity contribution is -0.147. The third-order valence-corrected chi connectivity index (χ3v) is 3.45. The number of carbonyl (C=O) groups is 3. The summed E-state index contributed by atoms with van der Waals surface area (Å²) >= 11 is 0. The molecule has 0 aliphatic heterocycles. The molecule has 1 atom stereocenters. The van der Waals surface area contributed by atoms with Gasteiger partial charge in [0.15, 0.2) is 0 Å². The summed E-state index contributed by atoms with van der Waals surface area (Å²) in [5.41, 5.74) is 0.770. The normalized spacial score (nSPS) is 11.6. The molecule has 1 rings (SSSR count). The van der Waals surface area contributed by atoms with Crippen LogP contribution in [-0.4, -0.2) is 60.2 Å². The van der Waals surface area contributed by atoms with Crippen molar-refractivity contribution in [3.05, 3.63) is 42.0 Å². The lowest BCUT2D eigenvalue weighted by Crippen LogP contribution is -2.50. The van der Waals surface area contributed by atoms with Crippen molar-refractivity contribution in [2.45, 2.75) is 19.9 Å². The summed E-state index contributed by atoms with van der Waals surface area (Å²) < 4.78 is 4.85. The van der Waals surface area contributed by atoms with Gasteiger partial charge in [0.1, 0.15) is 6.04 Å². The summed E-state index contributed by atoms with van der Waals surface area (Å²) in [6.07, 6.45) is 4.25. The summed E-state index contributed by atoms with van der Waals surface area (Å²) in [5, 5.41) is 0. The fraction of sp³-hybridized carbons (Fsp3) is 0.333. The number of hydrogen-bond acceptors (Lipinski definition) is 5. The van der Waals surface area contributed by atoms with Gasteiger partial charge in [0.05, 0.1) is 13.2 Å². The zero-order valence-electron chi connectivity index (χ0n) is 14.5. The highest BCUT2D eigenvalue weighted by atomic mass is 16.5. The highest BCUT2D eigenvalue weighted by Crippen LogP contribution is 2.07. The summed E-state index contributed by atoms with van der Waals surface area (Å²) in [7, 11) is 1.36. The average Bonchev–Trinajstić information content (AvgIpc) is 2.63. The molecule has 133 valence electrons. The van der Waals surface area contributed by atoms with Gasteiger partial charge in [0.2, 0.25) is 6.29 Å². The average molecular weight is 345 g/mol. The maximum Gasteiger partial charge on any atom is 0.328 e. The molecule has 7 heteroatoms. The van der Waals surface area contributed by atoms with Crippen molar-refractivity contribution in [2.24, 2.45) is 0 Å². The monoisotopic (exact) mass is 345 g/mol. The minimum absolute atomic E-state index is 0.176. The predicted octanol–water partition coefficient (Wildman–Crippen LogP) is 1.64.